The van der Waals surface area contributed by atoms with E-state index in [9.17, 15) is 0 Å². The second kappa shape index (κ2) is 14.0. The Balaban J connectivity index is 1.19. The third-order valence-electron chi connectivity index (χ3n) is 19.2. The van der Waals surface area contributed by atoms with Crippen LogP contribution in [0.5, 0.6) is 0 Å². The minimum absolute atomic E-state index is 0.0322. The third kappa shape index (κ3) is 5.74. The molecule has 71 heavy (non-hydrogen) atoms. The third-order valence-corrected chi connectivity index (χ3v) is 20.4. The molecule has 0 radical (unpaired) electrons. The molecule has 0 amide bonds. The molecule has 0 saturated heterocycles. The van der Waals surface area contributed by atoms with Crippen LogP contribution in [-0.4, -0.2) is 12.4 Å². The van der Waals surface area contributed by atoms with Crippen molar-refractivity contribution >= 4 is 94.0 Å². The molecule has 5 heteroatoms. The molecule has 1 fully saturated rings. The van der Waals surface area contributed by atoms with Crippen LogP contribution in [0.4, 0.5) is 22.7 Å². The summed E-state index contributed by atoms with van der Waals surface area (Å²) in [7, 11) is 0. The van der Waals surface area contributed by atoms with Crippen LogP contribution in [0.2, 0.25) is 0 Å². The summed E-state index contributed by atoms with van der Waals surface area (Å²) < 4.78 is 10.1. The molecule has 0 spiro atoms. The highest BCUT2D eigenvalue weighted by atomic mass is 32.1. The summed E-state index contributed by atoms with van der Waals surface area (Å²) in [6.45, 7) is 29.4. The zero-order chi connectivity index (χ0) is 49.1. The first-order chi connectivity index (χ1) is 33.7. The van der Waals surface area contributed by atoms with E-state index in [2.05, 4.69) is 208 Å². The maximum atomic E-state index is 7.30. The molecule has 3 nitrogen and oxygen atoms in total. The zero-order valence-corrected chi connectivity index (χ0v) is 44.8. The molecule has 0 N–H and O–H groups in total. The highest BCUT2D eigenvalue weighted by molar-refractivity contribution is 7.26. The van der Waals surface area contributed by atoms with Crippen LogP contribution in [0, 0.1) is 0 Å². The first-order valence-electron chi connectivity index (χ1n) is 26.7. The van der Waals surface area contributed by atoms with Gasteiger partial charge >= 0.3 is 6.85 Å². The minimum Gasteiger partial charge on any atom is -0.455 e. The second-order valence-electron chi connectivity index (χ2n) is 26.2. The molecule has 2 unspecified atom stereocenters. The Morgan fingerprint density at radius 3 is 2.00 bits per heavy atom. The fourth-order valence-electron chi connectivity index (χ4n) is 14.7. The molecule has 356 valence electrons. The van der Waals surface area contributed by atoms with Crippen LogP contribution in [0.1, 0.15) is 149 Å². The van der Waals surface area contributed by atoms with Gasteiger partial charge in [0.2, 0.25) is 0 Å². The van der Waals surface area contributed by atoms with Crippen molar-refractivity contribution in [3.63, 3.8) is 0 Å². The van der Waals surface area contributed by atoms with Crippen molar-refractivity contribution in [1.82, 2.24) is 0 Å². The van der Waals surface area contributed by atoms with Gasteiger partial charge in [-0.3, -0.25) is 0 Å². The van der Waals surface area contributed by atoms with Crippen molar-refractivity contribution in [2.45, 2.75) is 154 Å². The molecular weight excluding hydrogens is 880 g/mol. The number of thiophene rings is 1. The summed E-state index contributed by atoms with van der Waals surface area (Å²) in [5, 5.41) is 5.12. The molecule has 0 bridgehead atoms. The average Bonchev–Trinajstić information content (AvgIpc) is 3.97. The molecular formula is C66H67BN2OS. The van der Waals surface area contributed by atoms with Gasteiger partial charge in [-0.15, -0.1) is 11.3 Å². The van der Waals surface area contributed by atoms with Crippen LogP contribution < -0.4 is 20.6 Å². The van der Waals surface area contributed by atoms with Gasteiger partial charge in [-0.25, -0.2) is 0 Å². The summed E-state index contributed by atoms with van der Waals surface area (Å²) in [4.78, 5) is 5.76. The van der Waals surface area contributed by atoms with Crippen molar-refractivity contribution in [2.24, 2.45) is 0 Å². The highest BCUT2D eigenvalue weighted by Gasteiger charge is 2.63. The van der Waals surface area contributed by atoms with Crippen LogP contribution in [-0.2, 0) is 27.1 Å². The van der Waals surface area contributed by atoms with Crippen molar-refractivity contribution in [3.8, 4) is 22.3 Å². The van der Waals surface area contributed by atoms with E-state index >= 15 is 0 Å². The number of para-hydroxylation sites is 1. The summed E-state index contributed by atoms with van der Waals surface area (Å²) in [5.74, 6) is 0. The van der Waals surface area contributed by atoms with Crippen LogP contribution in [0.15, 0.2) is 120 Å². The SMILES string of the molecule is CC(C)(C)c1ccc(N2c3cc4c(oc5ccccc54)c4c3B(c3ccc5c(sc6cc7c(cc65)C(C)(C)CCC7(C)C)c32)N2c3c-4cc(C(C)(C)C)cc3C3(C)CCCCC23C)c(-c2ccccc2)c1. The van der Waals surface area contributed by atoms with E-state index in [0.717, 1.165) is 17.6 Å². The summed E-state index contributed by atoms with van der Waals surface area (Å²) in [6.07, 6.45) is 7.22. The molecule has 7 aromatic carbocycles. The Morgan fingerprint density at radius 1 is 0.563 bits per heavy atom. The molecule has 9 aromatic rings. The van der Waals surface area contributed by atoms with Crippen molar-refractivity contribution in [1.29, 1.82) is 0 Å². The molecule has 14 rings (SSSR count). The van der Waals surface area contributed by atoms with Crippen LogP contribution in [0.3, 0.4) is 0 Å². The Kier molecular flexibility index (Phi) is 8.69. The number of nitrogens with zero attached hydrogens (tertiary/aromatic N) is 2. The Morgan fingerprint density at radius 2 is 1.25 bits per heavy atom. The smallest absolute Gasteiger partial charge is 0.329 e. The molecule has 2 atom stereocenters. The van der Waals surface area contributed by atoms with Gasteiger partial charge in [0.05, 0.1) is 16.1 Å². The Labute approximate surface area is 425 Å². The van der Waals surface area contributed by atoms with Gasteiger partial charge < -0.3 is 14.1 Å². The number of anilines is 4. The molecule has 3 aliphatic heterocycles. The maximum absolute atomic E-state index is 7.30. The maximum Gasteiger partial charge on any atom is 0.329 e. The van der Waals surface area contributed by atoms with Gasteiger partial charge in [-0.05, 0) is 141 Å². The number of fused-ring (bicyclic) bond motifs is 16. The number of hydrogen-bond acceptors (Lipinski definition) is 4. The van der Waals surface area contributed by atoms with E-state index in [-0.39, 0.29) is 39.5 Å². The topological polar surface area (TPSA) is 19.6 Å². The highest BCUT2D eigenvalue weighted by Crippen LogP contribution is 2.65. The number of rotatable bonds is 2. The summed E-state index contributed by atoms with van der Waals surface area (Å²) in [5.41, 5.74) is 22.4. The lowest BCUT2D eigenvalue weighted by Gasteiger charge is -2.55. The lowest BCUT2D eigenvalue weighted by molar-refractivity contribution is 0.199. The number of furan rings is 1. The molecule has 1 saturated carbocycles. The van der Waals surface area contributed by atoms with Gasteiger partial charge in [0.25, 0.3) is 0 Å². The van der Waals surface area contributed by atoms with Crippen LogP contribution >= 0.6 is 11.3 Å². The summed E-state index contributed by atoms with van der Waals surface area (Å²) >= 11 is 2.03. The number of hydrogen-bond donors (Lipinski definition) is 0. The molecule has 2 aromatic heterocycles. The van der Waals surface area contributed by atoms with Gasteiger partial charge in [0.15, 0.2) is 0 Å². The van der Waals surface area contributed by atoms with Crippen LogP contribution in [0.25, 0.3) is 64.4 Å². The Bertz CT molecular complexity index is 3800. The van der Waals surface area contributed by atoms with Gasteiger partial charge in [0, 0.05) is 65.3 Å². The fraction of sp³-hybridized carbons (Fsp3) is 0.364. The normalized spacial score (nSPS) is 21.7. The fourth-order valence-corrected chi connectivity index (χ4v) is 16.0. The van der Waals surface area contributed by atoms with E-state index in [1.165, 1.54) is 147 Å². The summed E-state index contributed by atoms with van der Waals surface area (Å²) in [6, 6.07) is 45.5. The lowest BCUT2D eigenvalue weighted by atomic mass is 9.42. The van der Waals surface area contributed by atoms with E-state index < -0.39 is 0 Å². The minimum atomic E-state index is -0.115. The molecule has 5 heterocycles. The largest absolute Gasteiger partial charge is 0.455 e. The molecule has 2 aliphatic carbocycles. The monoisotopic (exact) mass is 947 g/mol. The standard InChI is InChI=1S/C66H67BN2OS/c1-61(2,3)39-24-27-51(43(32-39)38-20-14-13-15-21-38)68-52-36-45-41-22-16-17-23-53(41)70-59(45)55-46-33-40(62(4,5)6)34-49-57(46)69(66(12)29-19-18-28-65(49,66)11)67(56(52)55)50-26-25-42-44-35-47-48(37-54(44)71-60(42)58(50)68)64(9,10)31-30-63(47,7)8/h13-17,20-27,32-37H,18-19,28-31H2,1-12H3. The quantitative estimate of drug-likeness (QED) is 0.161. The van der Waals surface area contributed by atoms with Crippen molar-refractivity contribution < 1.29 is 4.42 Å². The average molecular weight is 947 g/mol. The van der Waals surface area contributed by atoms with E-state index in [1.807, 2.05) is 11.3 Å². The first-order valence-corrected chi connectivity index (χ1v) is 27.5. The van der Waals surface area contributed by atoms with E-state index in [4.69, 9.17) is 4.42 Å². The van der Waals surface area contributed by atoms with Crippen molar-refractivity contribution in [3.05, 3.63) is 143 Å². The molecule has 5 aliphatic rings. The van der Waals surface area contributed by atoms with E-state index in [0.29, 0.717) is 0 Å². The van der Waals surface area contributed by atoms with Crippen molar-refractivity contribution in [2.75, 3.05) is 9.71 Å². The van der Waals surface area contributed by atoms with E-state index in [1.54, 1.807) is 0 Å². The van der Waals surface area contributed by atoms with Gasteiger partial charge in [0.1, 0.15) is 11.2 Å². The second-order valence-corrected chi connectivity index (χ2v) is 27.3. The van der Waals surface area contributed by atoms with Gasteiger partial charge in [-0.1, -0.05) is 162 Å². The number of benzene rings is 7. The Hall–Kier alpha value is -5.78. The predicted octanol–water partition coefficient (Wildman–Crippen LogP) is 17.5. The zero-order valence-electron chi connectivity index (χ0n) is 44.0. The predicted molar refractivity (Wildman–Crippen MR) is 307 cm³/mol. The van der Waals surface area contributed by atoms with Gasteiger partial charge in [-0.2, -0.15) is 0 Å². The first kappa shape index (κ1) is 44.0. The lowest BCUT2D eigenvalue weighted by Crippen LogP contribution is -2.70.